The third-order valence-electron chi connectivity index (χ3n) is 6.20. The second-order valence-electron chi connectivity index (χ2n) is 8.50. The van der Waals surface area contributed by atoms with Crippen molar-refractivity contribution in [3.8, 4) is 11.5 Å². The van der Waals surface area contributed by atoms with E-state index in [0.717, 1.165) is 0 Å². The first-order valence-corrected chi connectivity index (χ1v) is 13.3. The molecule has 1 N–H and O–H groups in total. The van der Waals surface area contributed by atoms with Gasteiger partial charge in [-0.3, -0.25) is 9.52 Å². The molecule has 1 saturated heterocycles. The van der Waals surface area contributed by atoms with Crippen LogP contribution in [0.25, 0.3) is 0 Å². The number of sulfonamides is 1. The lowest BCUT2D eigenvalue weighted by molar-refractivity contribution is 0.0746. The highest BCUT2D eigenvalue weighted by Gasteiger charge is 2.26. The van der Waals surface area contributed by atoms with E-state index < -0.39 is 10.0 Å². The van der Waals surface area contributed by atoms with Gasteiger partial charge in [0.15, 0.2) is 0 Å². The summed E-state index contributed by atoms with van der Waals surface area (Å²) < 4.78 is 53.8. The Morgan fingerprint density at radius 2 is 1.65 bits per heavy atom. The Kier molecular flexibility index (Phi) is 7.79. The summed E-state index contributed by atoms with van der Waals surface area (Å²) in [5.41, 5.74) is 1.34. The van der Waals surface area contributed by atoms with Gasteiger partial charge in [0.25, 0.3) is 15.9 Å². The fraction of sp³-hybridized carbons (Fsp3) is 0.269. The van der Waals surface area contributed by atoms with Gasteiger partial charge in [0.1, 0.15) is 17.3 Å². The molecule has 8 nitrogen and oxygen atoms in total. The van der Waals surface area contributed by atoms with E-state index in [9.17, 15) is 17.6 Å². The van der Waals surface area contributed by atoms with Gasteiger partial charge < -0.3 is 19.3 Å². The molecule has 1 aliphatic heterocycles. The largest absolute Gasteiger partial charge is 0.495 e. The molecule has 0 radical (unpaired) electrons. The fourth-order valence-electron chi connectivity index (χ4n) is 4.20. The Hall–Kier alpha value is -3.50. The highest BCUT2D eigenvalue weighted by Crippen LogP contribution is 2.37. The molecule has 0 unspecified atom stereocenters. The van der Waals surface area contributed by atoms with Crippen molar-refractivity contribution in [1.82, 2.24) is 4.90 Å². The standard InChI is InChI=1S/C26H27ClFN3O5S/c1-17-8-9-18(26(32)31-12-10-30(11-13-31)22-7-5-4-6-20(22)28)14-25(17)37(33,34)29-21-15-19(27)23(35-2)16-24(21)36-3/h4-9,14-16,29H,10-13H2,1-3H3. The van der Waals surface area contributed by atoms with Gasteiger partial charge >= 0.3 is 0 Å². The van der Waals surface area contributed by atoms with Gasteiger partial charge in [0, 0.05) is 37.8 Å². The predicted octanol–water partition coefficient (Wildman–Crippen LogP) is 4.57. The monoisotopic (exact) mass is 547 g/mol. The lowest BCUT2D eigenvalue weighted by Gasteiger charge is -2.36. The molecule has 0 spiro atoms. The first-order chi connectivity index (χ1) is 17.6. The fourth-order valence-corrected chi connectivity index (χ4v) is 5.78. The molecule has 1 amide bonds. The molecular weight excluding hydrogens is 521 g/mol. The minimum Gasteiger partial charge on any atom is -0.495 e. The number of piperazine rings is 1. The van der Waals surface area contributed by atoms with Crippen LogP contribution < -0.4 is 19.1 Å². The number of nitrogens with one attached hydrogen (secondary N) is 1. The zero-order valence-corrected chi connectivity index (χ0v) is 22.2. The quantitative estimate of drug-likeness (QED) is 0.466. The van der Waals surface area contributed by atoms with Crippen LogP contribution >= 0.6 is 11.6 Å². The molecule has 0 aromatic heterocycles. The number of amides is 1. The van der Waals surface area contributed by atoms with Crippen molar-refractivity contribution in [3.63, 3.8) is 0 Å². The number of aryl methyl sites for hydroxylation is 1. The van der Waals surface area contributed by atoms with Gasteiger partial charge in [-0.1, -0.05) is 29.8 Å². The Bertz CT molecular complexity index is 1430. The summed E-state index contributed by atoms with van der Waals surface area (Å²) in [7, 11) is -1.26. The number of hydrogen-bond donors (Lipinski definition) is 1. The lowest BCUT2D eigenvalue weighted by Crippen LogP contribution is -2.49. The number of rotatable bonds is 7. The van der Waals surface area contributed by atoms with E-state index in [-0.39, 0.29) is 38.6 Å². The molecule has 1 heterocycles. The molecular formula is C26H27ClFN3O5S. The van der Waals surface area contributed by atoms with Gasteiger partial charge in [0.05, 0.1) is 35.5 Å². The minimum atomic E-state index is -4.10. The van der Waals surface area contributed by atoms with Crippen LogP contribution in [0.3, 0.4) is 0 Å². The van der Waals surface area contributed by atoms with E-state index in [0.29, 0.717) is 43.2 Å². The Morgan fingerprint density at radius 1 is 0.973 bits per heavy atom. The van der Waals surface area contributed by atoms with Crippen LogP contribution in [0, 0.1) is 12.7 Å². The number of nitrogens with zero attached hydrogens (tertiary/aromatic N) is 2. The smallest absolute Gasteiger partial charge is 0.262 e. The van der Waals surface area contributed by atoms with Gasteiger partial charge in [-0.05, 0) is 42.8 Å². The summed E-state index contributed by atoms with van der Waals surface area (Å²) in [6.07, 6.45) is 0. The molecule has 196 valence electrons. The van der Waals surface area contributed by atoms with E-state index in [1.165, 1.54) is 38.5 Å². The molecule has 37 heavy (non-hydrogen) atoms. The van der Waals surface area contributed by atoms with Gasteiger partial charge in [-0.25, -0.2) is 12.8 Å². The molecule has 0 atom stereocenters. The third kappa shape index (κ3) is 5.60. The third-order valence-corrected chi connectivity index (χ3v) is 8.01. The first kappa shape index (κ1) is 26.6. The van der Waals surface area contributed by atoms with Gasteiger partial charge in [0.2, 0.25) is 0 Å². The molecule has 1 fully saturated rings. The first-order valence-electron chi connectivity index (χ1n) is 11.5. The summed E-state index contributed by atoms with van der Waals surface area (Å²) in [6.45, 7) is 3.33. The summed E-state index contributed by atoms with van der Waals surface area (Å²) in [5, 5.41) is 0.205. The number of methoxy groups -OCH3 is 2. The Morgan fingerprint density at radius 3 is 2.30 bits per heavy atom. The average Bonchev–Trinajstić information content (AvgIpc) is 2.89. The molecule has 0 aliphatic carbocycles. The van der Waals surface area contributed by atoms with Crippen molar-refractivity contribution in [2.24, 2.45) is 0 Å². The number of ether oxygens (including phenoxy) is 2. The van der Waals surface area contributed by atoms with Crippen molar-refractivity contribution in [3.05, 3.63) is 76.6 Å². The maximum Gasteiger partial charge on any atom is 0.262 e. The summed E-state index contributed by atoms with van der Waals surface area (Å²) in [4.78, 5) is 16.7. The van der Waals surface area contributed by atoms with Gasteiger partial charge in [-0.2, -0.15) is 0 Å². The lowest BCUT2D eigenvalue weighted by atomic mass is 10.1. The molecule has 3 aromatic carbocycles. The molecule has 0 saturated carbocycles. The summed E-state index contributed by atoms with van der Waals surface area (Å²) >= 11 is 6.19. The zero-order valence-electron chi connectivity index (χ0n) is 20.6. The van der Waals surface area contributed by atoms with Crippen LogP contribution in [0.4, 0.5) is 15.8 Å². The second kappa shape index (κ2) is 10.9. The van der Waals surface area contributed by atoms with Gasteiger partial charge in [-0.15, -0.1) is 0 Å². The topological polar surface area (TPSA) is 88.2 Å². The highest BCUT2D eigenvalue weighted by atomic mass is 35.5. The predicted molar refractivity (Wildman–Crippen MR) is 141 cm³/mol. The van der Waals surface area contributed by atoms with Crippen molar-refractivity contribution in [1.29, 1.82) is 0 Å². The van der Waals surface area contributed by atoms with E-state index >= 15 is 0 Å². The number of benzene rings is 3. The number of halogens is 2. The molecule has 3 aromatic rings. The van der Waals surface area contributed by atoms with Crippen LogP contribution in [-0.2, 0) is 10.0 Å². The minimum absolute atomic E-state index is 0.0441. The van der Waals surface area contributed by atoms with Crippen molar-refractivity contribution >= 4 is 38.9 Å². The van der Waals surface area contributed by atoms with E-state index in [4.69, 9.17) is 21.1 Å². The number of hydrogen-bond acceptors (Lipinski definition) is 6. The Balaban J connectivity index is 1.54. The molecule has 0 bridgehead atoms. The second-order valence-corrected chi connectivity index (χ2v) is 10.6. The highest BCUT2D eigenvalue weighted by molar-refractivity contribution is 7.92. The molecule has 11 heteroatoms. The van der Waals surface area contributed by atoms with Crippen molar-refractivity contribution < 1.29 is 27.1 Å². The van der Waals surface area contributed by atoms with Crippen molar-refractivity contribution in [2.75, 3.05) is 50.0 Å². The SMILES string of the molecule is COc1cc(OC)c(NS(=O)(=O)c2cc(C(=O)N3CCN(c4ccccc4F)CC3)ccc2C)cc1Cl. The van der Waals surface area contributed by atoms with E-state index in [1.807, 2.05) is 4.90 Å². The number of anilines is 2. The van der Waals surface area contributed by atoms with Crippen LogP contribution in [0.2, 0.25) is 5.02 Å². The van der Waals surface area contributed by atoms with E-state index in [1.54, 1.807) is 42.2 Å². The van der Waals surface area contributed by atoms with Crippen LogP contribution in [0.1, 0.15) is 15.9 Å². The average molecular weight is 548 g/mol. The van der Waals surface area contributed by atoms with Crippen LogP contribution in [0.5, 0.6) is 11.5 Å². The number of para-hydroxylation sites is 1. The molecule has 4 rings (SSSR count). The summed E-state index contributed by atoms with van der Waals surface area (Å²) in [5.74, 6) is -0.0459. The zero-order chi connectivity index (χ0) is 26.7. The number of carbonyl (C=O) groups excluding carboxylic acids is 1. The van der Waals surface area contributed by atoms with Crippen LogP contribution in [0.15, 0.2) is 59.5 Å². The molecule has 1 aliphatic rings. The maximum absolute atomic E-state index is 14.1. The van der Waals surface area contributed by atoms with Crippen molar-refractivity contribution in [2.45, 2.75) is 11.8 Å². The maximum atomic E-state index is 14.1. The van der Waals surface area contributed by atoms with E-state index in [2.05, 4.69) is 4.72 Å². The summed E-state index contributed by atoms with van der Waals surface area (Å²) in [6, 6.07) is 14.0. The number of carbonyl (C=O) groups is 1. The van der Waals surface area contributed by atoms with Crippen LogP contribution in [-0.4, -0.2) is 59.6 Å². The Labute approximate surface area is 220 Å². The normalized spacial score (nSPS) is 13.9.